The van der Waals surface area contributed by atoms with Gasteiger partial charge >= 0.3 is 0 Å². The molecule has 1 saturated heterocycles. The average molecular weight is 347 g/mol. The molecule has 128 valence electrons. The van der Waals surface area contributed by atoms with E-state index in [1.54, 1.807) is 0 Å². The molecule has 0 aromatic heterocycles. The molecule has 1 amide bonds. The first-order chi connectivity index (χ1) is 10.7. The Morgan fingerprint density at radius 1 is 1.30 bits per heavy atom. The number of benzene rings is 1. The summed E-state index contributed by atoms with van der Waals surface area (Å²) in [4.78, 5) is 12.2. The van der Waals surface area contributed by atoms with Crippen LogP contribution >= 0.6 is 0 Å². The van der Waals surface area contributed by atoms with Gasteiger partial charge in [0.15, 0.2) is 11.6 Å². The van der Waals surface area contributed by atoms with Crippen LogP contribution < -0.4 is 5.32 Å². The van der Waals surface area contributed by atoms with E-state index >= 15 is 0 Å². The summed E-state index contributed by atoms with van der Waals surface area (Å²) < 4.78 is 52.6. The van der Waals surface area contributed by atoms with E-state index in [1.807, 2.05) is 0 Å². The molecule has 1 fully saturated rings. The number of halogens is 2. The average Bonchev–Trinajstić information content (AvgIpc) is 2.51. The topological polar surface area (TPSA) is 69.7 Å². The molecule has 0 radical (unpaired) electrons. The van der Waals surface area contributed by atoms with Gasteiger partial charge in [-0.15, -0.1) is 0 Å². The number of rotatable bonds is 4. The Balaban J connectivity index is 2.06. The van der Waals surface area contributed by atoms with Gasteiger partial charge in [0.05, 0.1) is 5.92 Å². The number of nitrogens with one attached hydrogen (secondary N) is 1. The monoisotopic (exact) mass is 347 g/mol. The van der Waals surface area contributed by atoms with Crippen molar-refractivity contribution in [2.75, 3.05) is 32.5 Å². The van der Waals surface area contributed by atoms with Gasteiger partial charge in [-0.2, -0.15) is 17.0 Å². The third kappa shape index (κ3) is 4.04. The molecular weight excluding hydrogens is 328 g/mol. The van der Waals surface area contributed by atoms with Crippen LogP contribution in [0.15, 0.2) is 18.2 Å². The van der Waals surface area contributed by atoms with E-state index in [0.29, 0.717) is 19.4 Å². The normalized spacial score (nSPS) is 19.8. The Bertz CT molecular complexity index is 695. The zero-order chi connectivity index (χ0) is 17.2. The first kappa shape index (κ1) is 17.8. The van der Waals surface area contributed by atoms with Crippen LogP contribution in [-0.2, 0) is 15.0 Å². The smallest absolute Gasteiger partial charge is 0.281 e. The summed E-state index contributed by atoms with van der Waals surface area (Å²) in [7, 11) is -0.713. The molecule has 1 N–H and O–H groups in total. The summed E-state index contributed by atoms with van der Waals surface area (Å²) in [5.74, 6) is -2.99. The van der Waals surface area contributed by atoms with Gasteiger partial charge in [0.2, 0.25) is 5.91 Å². The Kier molecular flexibility index (Phi) is 5.33. The van der Waals surface area contributed by atoms with Gasteiger partial charge in [-0.25, -0.2) is 8.78 Å². The summed E-state index contributed by atoms with van der Waals surface area (Å²) in [6.07, 6.45) is 1.10. The molecule has 23 heavy (non-hydrogen) atoms. The second-order valence-corrected chi connectivity index (χ2v) is 7.75. The molecule has 2 rings (SSSR count). The Labute approximate surface area is 134 Å². The van der Waals surface area contributed by atoms with Gasteiger partial charge in [0, 0.05) is 38.9 Å². The maximum atomic E-state index is 13.2. The molecule has 0 aliphatic carbocycles. The molecule has 1 aromatic rings. The number of anilines is 1. The van der Waals surface area contributed by atoms with Crippen molar-refractivity contribution in [3.63, 3.8) is 0 Å². The van der Waals surface area contributed by atoms with Crippen LogP contribution in [0.25, 0.3) is 0 Å². The van der Waals surface area contributed by atoms with Crippen LogP contribution in [0, 0.1) is 17.6 Å². The number of amides is 1. The lowest BCUT2D eigenvalue weighted by Gasteiger charge is -2.32. The van der Waals surface area contributed by atoms with Crippen LogP contribution in [0.2, 0.25) is 0 Å². The lowest BCUT2D eigenvalue weighted by atomic mass is 9.98. The highest BCUT2D eigenvalue weighted by atomic mass is 32.2. The minimum Gasteiger partial charge on any atom is -0.326 e. The molecule has 1 aliphatic rings. The molecular formula is C14H19F2N3O3S. The van der Waals surface area contributed by atoms with Gasteiger partial charge < -0.3 is 5.32 Å². The van der Waals surface area contributed by atoms with E-state index in [2.05, 4.69) is 5.32 Å². The van der Waals surface area contributed by atoms with Crippen molar-refractivity contribution in [1.82, 2.24) is 8.61 Å². The molecule has 0 saturated carbocycles. The van der Waals surface area contributed by atoms with Crippen molar-refractivity contribution in [3.05, 3.63) is 29.8 Å². The predicted molar refractivity (Wildman–Crippen MR) is 81.9 cm³/mol. The van der Waals surface area contributed by atoms with Crippen molar-refractivity contribution in [1.29, 1.82) is 0 Å². The maximum Gasteiger partial charge on any atom is 0.281 e. The highest BCUT2D eigenvalue weighted by Crippen LogP contribution is 2.22. The first-order valence-corrected chi connectivity index (χ1v) is 8.55. The number of hydrogen-bond donors (Lipinski definition) is 1. The third-order valence-electron chi connectivity index (χ3n) is 3.73. The minimum atomic E-state index is -3.57. The van der Waals surface area contributed by atoms with Crippen LogP contribution in [0.4, 0.5) is 14.5 Å². The molecule has 1 heterocycles. The fourth-order valence-electron chi connectivity index (χ4n) is 2.42. The van der Waals surface area contributed by atoms with Gasteiger partial charge in [-0.05, 0) is 25.0 Å². The SMILES string of the molecule is CN(C)S(=O)(=O)N1CCCC(C(=O)Nc2ccc(F)c(F)c2)C1. The Morgan fingerprint density at radius 3 is 2.61 bits per heavy atom. The highest BCUT2D eigenvalue weighted by molar-refractivity contribution is 7.86. The number of hydrogen-bond acceptors (Lipinski definition) is 3. The molecule has 1 atom stereocenters. The van der Waals surface area contributed by atoms with Crippen LogP contribution in [0.3, 0.4) is 0 Å². The molecule has 0 bridgehead atoms. The summed E-state index contributed by atoms with van der Waals surface area (Å²) in [5.41, 5.74) is 0.140. The fourth-order valence-corrected chi connectivity index (χ4v) is 3.61. The van der Waals surface area contributed by atoms with Gasteiger partial charge in [-0.1, -0.05) is 0 Å². The summed E-state index contributed by atoms with van der Waals surface area (Å²) >= 11 is 0. The summed E-state index contributed by atoms with van der Waals surface area (Å²) in [6, 6.07) is 3.08. The number of carbonyl (C=O) groups is 1. The van der Waals surface area contributed by atoms with Crippen LogP contribution in [-0.4, -0.2) is 50.1 Å². The van der Waals surface area contributed by atoms with E-state index in [1.165, 1.54) is 24.5 Å². The molecule has 0 spiro atoms. The van der Waals surface area contributed by atoms with E-state index in [9.17, 15) is 22.0 Å². The molecule has 1 unspecified atom stereocenters. The molecule has 1 aromatic carbocycles. The lowest BCUT2D eigenvalue weighted by Crippen LogP contribution is -2.47. The maximum absolute atomic E-state index is 13.2. The number of carbonyl (C=O) groups excluding carboxylic acids is 1. The molecule has 1 aliphatic heterocycles. The zero-order valence-electron chi connectivity index (χ0n) is 12.9. The lowest BCUT2D eigenvalue weighted by molar-refractivity contribution is -0.120. The summed E-state index contributed by atoms with van der Waals surface area (Å²) in [6.45, 7) is 0.422. The number of nitrogens with zero attached hydrogens (tertiary/aromatic N) is 2. The summed E-state index contributed by atoms with van der Waals surface area (Å²) in [5, 5.41) is 2.50. The molecule has 6 nitrogen and oxygen atoms in total. The highest BCUT2D eigenvalue weighted by Gasteiger charge is 2.33. The van der Waals surface area contributed by atoms with Crippen molar-refractivity contribution >= 4 is 21.8 Å². The predicted octanol–water partition coefficient (Wildman–Crippen LogP) is 1.42. The zero-order valence-corrected chi connectivity index (χ0v) is 13.7. The largest absolute Gasteiger partial charge is 0.326 e. The van der Waals surface area contributed by atoms with Crippen LogP contribution in [0.5, 0.6) is 0 Å². The van der Waals surface area contributed by atoms with Crippen molar-refractivity contribution < 1.29 is 22.0 Å². The third-order valence-corrected chi connectivity index (χ3v) is 5.64. The Morgan fingerprint density at radius 2 is 2.00 bits per heavy atom. The van der Waals surface area contributed by atoms with Crippen molar-refractivity contribution in [2.45, 2.75) is 12.8 Å². The Hall–Kier alpha value is -1.58. The van der Waals surface area contributed by atoms with E-state index in [0.717, 1.165) is 16.4 Å². The van der Waals surface area contributed by atoms with Crippen molar-refractivity contribution in [3.8, 4) is 0 Å². The first-order valence-electron chi connectivity index (χ1n) is 7.15. The van der Waals surface area contributed by atoms with E-state index < -0.39 is 33.7 Å². The number of piperidine rings is 1. The minimum absolute atomic E-state index is 0.0655. The fraction of sp³-hybridized carbons (Fsp3) is 0.500. The second-order valence-electron chi connectivity index (χ2n) is 5.61. The van der Waals surface area contributed by atoms with E-state index in [-0.39, 0.29) is 12.2 Å². The van der Waals surface area contributed by atoms with Gasteiger partial charge in [0.1, 0.15) is 0 Å². The van der Waals surface area contributed by atoms with Crippen LogP contribution in [0.1, 0.15) is 12.8 Å². The van der Waals surface area contributed by atoms with Gasteiger partial charge in [0.25, 0.3) is 10.2 Å². The second kappa shape index (κ2) is 6.90. The van der Waals surface area contributed by atoms with Gasteiger partial charge in [-0.3, -0.25) is 4.79 Å². The molecule has 9 heteroatoms. The quantitative estimate of drug-likeness (QED) is 0.896. The standard InChI is InChI=1S/C14H19F2N3O3S/c1-18(2)23(21,22)19-7-3-4-10(9-19)14(20)17-11-5-6-12(15)13(16)8-11/h5-6,8,10H,3-4,7,9H2,1-2H3,(H,17,20). The van der Waals surface area contributed by atoms with Crippen molar-refractivity contribution in [2.24, 2.45) is 5.92 Å². The van der Waals surface area contributed by atoms with E-state index in [4.69, 9.17) is 0 Å².